The molecule has 52 heavy (non-hydrogen) atoms. The molecule has 0 amide bonds. The van der Waals surface area contributed by atoms with Gasteiger partial charge >= 0.3 is 5.69 Å². The molecule has 13 heteroatoms. The predicted molar refractivity (Wildman–Crippen MR) is 192 cm³/mol. The van der Waals surface area contributed by atoms with E-state index in [9.17, 15) is 14.4 Å². The SMILES string of the molecule is COc1cc(OC)c2c(c1Cl)O[C@@]1(C(=O)C3=C(C[C@H]1C)Nc1c(c(=O)n(C)c(=O)n1C)[C@@H]3c1ccc(OCCc3ccc4c(c3)CCO4)cc1)C2=O. The second-order valence-corrected chi connectivity index (χ2v) is 13.9. The van der Waals surface area contributed by atoms with Crippen LogP contribution in [0.25, 0.3) is 0 Å². The average molecular weight is 726 g/mol. The van der Waals surface area contributed by atoms with Crippen molar-refractivity contribution in [2.75, 3.05) is 32.8 Å². The molecule has 4 aliphatic rings. The van der Waals surface area contributed by atoms with E-state index < -0.39 is 40.3 Å². The van der Waals surface area contributed by atoms with Crippen LogP contribution < -0.4 is 40.3 Å². The highest BCUT2D eigenvalue weighted by molar-refractivity contribution is 6.36. The van der Waals surface area contributed by atoms with Gasteiger partial charge in [-0.15, -0.1) is 0 Å². The highest BCUT2D eigenvalue weighted by Gasteiger charge is 2.63. The van der Waals surface area contributed by atoms with Crippen molar-refractivity contribution < 1.29 is 33.3 Å². The van der Waals surface area contributed by atoms with Crippen LogP contribution in [0.1, 0.15) is 51.9 Å². The Kier molecular flexibility index (Phi) is 7.98. The van der Waals surface area contributed by atoms with Crippen LogP contribution in [0.15, 0.2) is 69.4 Å². The molecule has 0 radical (unpaired) electrons. The van der Waals surface area contributed by atoms with Crippen LogP contribution in [0.4, 0.5) is 5.82 Å². The van der Waals surface area contributed by atoms with Gasteiger partial charge in [0.15, 0.2) is 5.75 Å². The Bertz CT molecular complexity index is 2360. The first kappa shape index (κ1) is 33.6. The fourth-order valence-electron chi connectivity index (χ4n) is 7.96. The summed E-state index contributed by atoms with van der Waals surface area (Å²) in [5.41, 5.74) is 0.773. The molecule has 268 valence electrons. The number of rotatable bonds is 7. The largest absolute Gasteiger partial charge is 0.496 e. The lowest BCUT2D eigenvalue weighted by atomic mass is 9.66. The smallest absolute Gasteiger partial charge is 0.332 e. The molecule has 1 aromatic heterocycles. The summed E-state index contributed by atoms with van der Waals surface area (Å²) in [6.07, 6.45) is 1.78. The quantitative estimate of drug-likeness (QED) is 0.266. The van der Waals surface area contributed by atoms with Gasteiger partial charge in [-0.25, -0.2) is 4.79 Å². The average Bonchev–Trinajstić information content (AvgIpc) is 3.75. The van der Waals surface area contributed by atoms with E-state index in [1.54, 1.807) is 38.2 Å². The van der Waals surface area contributed by atoms with Crippen LogP contribution in [0.2, 0.25) is 5.02 Å². The van der Waals surface area contributed by atoms with E-state index in [1.807, 2.05) is 12.1 Å². The summed E-state index contributed by atoms with van der Waals surface area (Å²) in [5, 5.41) is 3.28. The van der Waals surface area contributed by atoms with Gasteiger partial charge in [-0.2, -0.15) is 0 Å². The maximum absolute atomic E-state index is 15.1. The lowest BCUT2D eigenvalue weighted by Crippen LogP contribution is -2.58. The number of anilines is 1. The molecule has 0 unspecified atom stereocenters. The molecule has 0 saturated carbocycles. The number of nitrogens with one attached hydrogen (secondary N) is 1. The fourth-order valence-corrected chi connectivity index (χ4v) is 8.23. The van der Waals surface area contributed by atoms with E-state index in [1.165, 1.54) is 37.5 Å². The van der Waals surface area contributed by atoms with Crippen LogP contribution in [0, 0.1) is 5.92 Å². The van der Waals surface area contributed by atoms with Gasteiger partial charge in [0.05, 0.1) is 33.0 Å². The third-order valence-electron chi connectivity index (χ3n) is 10.7. The third-order valence-corrected chi connectivity index (χ3v) is 11.1. The normalized spacial score (nSPS) is 21.1. The zero-order valence-electron chi connectivity index (χ0n) is 29.3. The second kappa shape index (κ2) is 12.3. The molecule has 3 aliphatic heterocycles. The number of ketones is 2. The minimum absolute atomic E-state index is 0.000805. The zero-order chi connectivity index (χ0) is 36.6. The van der Waals surface area contributed by atoms with Crippen molar-refractivity contribution in [1.82, 2.24) is 9.13 Å². The Labute approximate surface area is 303 Å². The maximum Gasteiger partial charge on any atom is 0.332 e. The number of carbonyl (C=O) groups is 2. The summed E-state index contributed by atoms with van der Waals surface area (Å²) < 4.78 is 31.5. The first-order valence-corrected chi connectivity index (χ1v) is 17.4. The van der Waals surface area contributed by atoms with E-state index in [0.29, 0.717) is 36.6 Å². The number of hydrogen-bond donors (Lipinski definition) is 1. The van der Waals surface area contributed by atoms with Crippen molar-refractivity contribution in [3.8, 4) is 28.7 Å². The molecule has 0 saturated heterocycles. The molecule has 1 aliphatic carbocycles. The Hall–Kier alpha value is -5.49. The van der Waals surface area contributed by atoms with Gasteiger partial charge in [0.1, 0.15) is 39.4 Å². The number of Topliss-reactive ketones (excluding diaryl/α,β-unsaturated/α-hetero) is 2. The summed E-state index contributed by atoms with van der Waals surface area (Å²) in [4.78, 5) is 56.7. The highest BCUT2D eigenvalue weighted by Crippen LogP contribution is 2.56. The van der Waals surface area contributed by atoms with Gasteiger partial charge in [0, 0.05) is 56.1 Å². The number of halogens is 1. The highest BCUT2D eigenvalue weighted by atomic mass is 35.5. The summed E-state index contributed by atoms with van der Waals surface area (Å²) >= 11 is 6.67. The van der Waals surface area contributed by atoms with Gasteiger partial charge in [-0.05, 0) is 41.3 Å². The minimum atomic E-state index is -2.00. The molecule has 3 aromatic carbocycles. The summed E-state index contributed by atoms with van der Waals surface area (Å²) in [7, 11) is 5.79. The van der Waals surface area contributed by atoms with Crippen molar-refractivity contribution in [2.45, 2.75) is 37.7 Å². The predicted octanol–water partition coefficient (Wildman–Crippen LogP) is 4.75. The Morgan fingerprint density at radius 3 is 2.44 bits per heavy atom. The maximum atomic E-state index is 15.1. The monoisotopic (exact) mass is 725 g/mol. The summed E-state index contributed by atoms with van der Waals surface area (Å²) in [6, 6.07) is 14.8. The van der Waals surface area contributed by atoms with Crippen molar-refractivity contribution in [3.63, 3.8) is 0 Å². The lowest BCUT2D eigenvalue weighted by Gasteiger charge is -2.42. The van der Waals surface area contributed by atoms with E-state index in [4.69, 9.17) is 35.3 Å². The number of benzene rings is 3. The molecule has 8 rings (SSSR count). The molecule has 12 nitrogen and oxygen atoms in total. The van der Waals surface area contributed by atoms with Crippen molar-refractivity contribution in [1.29, 1.82) is 0 Å². The molecular weight excluding hydrogens is 690 g/mol. The number of nitrogens with zero attached hydrogens (tertiary/aromatic N) is 2. The first-order valence-electron chi connectivity index (χ1n) is 17.0. The van der Waals surface area contributed by atoms with Gasteiger partial charge < -0.3 is 29.0 Å². The number of ether oxygens (including phenoxy) is 5. The number of hydrogen-bond acceptors (Lipinski definition) is 10. The minimum Gasteiger partial charge on any atom is -0.496 e. The summed E-state index contributed by atoms with van der Waals surface area (Å²) in [5.74, 6) is -0.647. The van der Waals surface area contributed by atoms with Crippen LogP contribution >= 0.6 is 11.6 Å². The Morgan fingerprint density at radius 2 is 1.71 bits per heavy atom. The molecule has 0 fully saturated rings. The number of fused-ring (bicyclic) bond motifs is 3. The fraction of sp³-hybridized carbons (Fsp3) is 0.333. The number of carbonyl (C=O) groups excluding carboxylic acids is 2. The van der Waals surface area contributed by atoms with Crippen molar-refractivity contribution in [2.24, 2.45) is 20.0 Å². The first-order chi connectivity index (χ1) is 25.0. The van der Waals surface area contributed by atoms with Crippen LogP contribution in [-0.4, -0.2) is 53.7 Å². The molecule has 4 aromatic rings. The van der Waals surface area contributed by atoms with Gasteiger partial charge in [0.25, 0.3) is 5.56 Å². The topological polar surface area (TPSA) is 136 Å². The standard InChI is InChI=1S/C39H36ClN3O9/c1-19-16-24-29(34(44)39(19)35(45)30-26(48-4)18-27(49-5)32(40)33(30)52-39)28(31-36(41-24)42(2)38(47)43(3)37(31)46)21-7-9-23(10-8-21)50-14-12-20-6-11-25-22(17-20)13-15-51-25/h6-11,17-19,28,41H,12-16H2,1-5H3/t19-,28-,39+/m1/s1. The Morgan fingerprint density at radius 1 is 0.962 bits per heavy atom. The van der Waals surface area contributed by atoms with Crippen molar-refractivity contribution >= 4 is 29.0 Å². The number of methoxy groups -OCH3 is 2. The number of allylic oxidation sites excluding steroid dienone is 1. The van der Waals surface area contributed by atoms with Crippen LogP contribution in [0.3, 0.4) is 0 Å². The van der Waals surface area contributed by atoms with E-state index in [2.05, 4.69) is 11.4 Å². The van der Waals surface area contributed by atoms with E-state index in [-0.39, 0.29) is 51.2 Å². The van der Waals surface area contributed by atoms with Gasteiger partial charge in [0.2, 0.25) is 17.2 Å². The molecule has 0 bridgehead atoms. The molecular formula is C39H36ClN3O9. The Balaban J connectivity index is 1.18. The van der Waals surface area contributed by atoms with Gasteiger partial charge in [-0.1, -0.05) is 42.8 Å². The van der Waals surface area contributed by atoms with E-state index >= 15 is 4.79 Å². The lowest BCUT2D eigenvalue weighted by molar-refractivity contribution is -0.130. The van der Waals surface area contributed by atoms with Crippen LogP contribution in [-0.2, 0) is 31.7 Å². The van der Waals surface area contributed by atoms with E-state index in [0.717, 1.165) is 22.3 Å². The number of aromatic nitrogens is 2. The zero-order valence-corrected chi connectivity index (χ0v) is 30.0. The molecule has 1 N–H and O–H groups in total. The van der Waals surface area contributed by atoms with Gasteiger partial charge in [-0.3, -0.25) is 23.5 Å². The third kappa shape index (κ3) is 4.80. The summed E-state index contributed by atoms with van der Waals surface area (Å²) in [6.45, 7) is 2.88. The second-order valence-electron chi connectivity index (χ2n) is 13.5. The molecule has 3 atom stereocenters. The molecule has 1 spiro atoms. The van der Waals surface area contributed by atoms with Crippen molar-refractivity contribution in [3.05, 3.63) is 113 Å². The van der Waals surface area contributed by atoms with Crippen LogP contribution in [0.5, 0.6) is 28.7 Å². The molecule has 4 heterocycles.